The molecule has 0 radical (unpaired) electrons. The molecule has 0 amide bonds. The molecule has 142 valence electrons. The minimum absolute atomic E-state index is 0.238. The average molecular weight is 388 g/mol. The largest absolute Gasteiger partial charge is 0.354 e. The summed E-state index contributed by atoms with van der Waals surface area (Å²) in [7, 11) is -1.33. The van der Waals surface area contributed by atoms with Crippen LogP contribution in [0.2, 0.25) is 0 Å². The molecular formula is C16H29N5O2S2. The molecule has 7 nitrogen and oxygen atoms in total. The highest BCUT2D eigenvalue weighted by Crippen LogP contribution is 2.17. The van der Waals surface area contributed by atoms with Crippen molar-refractivity contribution in [3.05, 3.63) is 15.6 Å². The van der Waals surface area contributed by atoms with Gasteiger partial charge in [0.25, 0.3) is 0 Å². The zero-order valence-corrected chi connectivity index (χ0v) is 17.1. The number of nitrogens with one attached hydrogen (secondary N) is 2. The second-order valence-electron chi connectivity index (χ2n) is 6.30. The van der Waals surface area contributed by atoms with E-state index in [9.17, 15) is 8.42 Å². The van der Waals surface area contributed by atoms with Gasteiger partial charge in [-0.25, -0.2) is 17.7 Å². The number of aromatic nitrogens is 1. The SMILES string of the molecule is CCCS(=O)(=O)N1CCC(NC(=NC)NCc2sc(C)nc2C)CC1. The Hall–Kier alpha value is -1.19. The fraction of sp³-hybridized carbons (Fsp3) is 0.750. The molecule has 1 aliphatic heterocycles. The summed E-state index contributed by atoms with van der Waals surface area (Å²) in [5.41, 5.74) is 1.06. The maximum atomic E-state index is 12.1. The third kappa shape index (κ3) is 5.65. The number of sulfonamides is 1. The fourth-order valence-corrected chi connectivity index (χ4v) is 5.37. The van der Waals surface area contributed by atoms with Crippen molar-refractivity contribution in [2.24, 2.45) is 4.99 Å². The number of rotatable bonds is 6. The Balaban J connectivity index is 1.82. The topological polar surface area (TPSA) is 86.7 Å². The summed E-state index contributed by atoms with van der Waals surface area (Å²) in [6.45, 7) is 7.76. The van der Waals surface area contributed by atoms with Gasteiger partial charge in [0.05, 0.1) is 23.0 Å². The van der Waals surface area contributed by atoms with Crippen molar-refractivity contribution >= 4 is 27.3 Å². The molecule has 9 heteroatoms. The number of guanidine groups is 1. The first-order valence-electron chi connectivity index (χ1n) is 8.73. The smallest absolute Gasteiger partial charge is 0.214 e. The van der Waals surface area contributed by atoms with Gasteiger partial charge in [-0.2, -0.15) is 0 Å². The molecular weight excluding hydrogens is 358 g/mol. The van der Waals surface area contributed by atoms with Gasteiger partial charge >= 0.3 is 0 Å². The van der Waals surface area contributed by atoms with Crippen molar-refractivity contribution in [3.63, 3.8) is 0 Å². The van der Waals surface area contributed by atoms with E-state index in [0.29, 0.717) is 26.1 Å². The van der Waals surface area contributed by atoms with Crippen LogP contribution in [0.3, 0.4) is 0 Å². The van der Waals surface area contributed by atoms with E-state index in [4.69, 9.17) is 0 Å². The fourth-order valence-electron chi connectivity index (χ4n) is 2.95. The van der Waals surface area contributed by atoms with Gasteiger partial charge < -0.3 is 10.6 Å². The first-order chi connectivity index (χ1) is 11.9. The molecule has 0 atom stereocenters. The second kappa shape index (κ2) is 8.95. The van der Waals surface area contributed by atoms with Crippen molar-refractivity contribution in [1.82, 2.24) is 19.9 Å². The Morgan fingerprint density at radius 2 is 2.04 bits per heavy atom. The molecule has 2 rings (SSSR count). The van der Waals surface area contributed by atoms with Crippen molar-refractivity contribution in [2.45, 2.75) is 52.6 Å². The molecule has 2 N–H and O–H groups in total. The summed E-state index contributed by atoms with van der Waals surface area (Å²) in [5, 5.41) is 7.80. The van der Waals surface area contributed by atoms with E-state index in [1.807, 2.05) is 20.8 Å². The molecule has 1 fully saturated rings. The number of aryl methyl sites for hydroxylation is 2. The number of aliphatic imine (C=N–C) groups is 1. The van der Waals surface area contributed by atoms with E-state index in [1.54, 1.807) is 22.7 Å². The Morgan fingerprint density at radius 3 is 2.56 bits per heavy atom. The summed E-state index contributed by atoms with van der Waals surface area (Å²) >= 11 is 1.69. The summed E-state index contributed by atoms with van der Waals surface area (Å²) in [5.74, 6) is 0.988. The average Bonchev–Trinajstić information content (AvgIpc) is 2.89. The van der Waals surface area contributed by atoms with Crippen LogP contribution in [0.25, 0.3) is 0 Å². The molecule has 1 aromatic rings. The van der Waals surface area contributed by atoms with Crippen LogP contribution in [0.4, 0.5) is 0 Å². The van der Waals surface area contributed by atoms with E-state index in [0.717, 1.165) is 29.5 Å². The van der Waals surface area contributed by atoms with Crippen LogP contribution in [-0.2, 0) is 16.6 Å². The van der Waals surface area contributed by atoms with Crippen molar-refractivity contribution < 1.29 is 8.42 Å². The Bertz CT molecular complexity index is 691. The van der Waals surface area contributed by atoms with Crippen LogP contribution < -0.4 is 10.6 Å². The van der Waals surface area contributed by atoms with Gasteiger partial charge in [0.15, 0.2) is 5.96 Å². The van der Waals surface area contributed by atoms with E-state index < -0.39 is 10.0 Å². The van der Waals surface area contributed by atoms with Gasteiger partial charge in [0.1, 0.15) is 0 Å². The number of hydrogen-bond donors (Lipinski definition) is 2. The number of thiazole rings is 1. The zero-order chi connectivity index (χ0) is 18.4. The summed E-state index contributed by atoms with van der Waals surface area (Å²) in [6.07, 6.45) is 2.25. The summed E-state index contributed by atoms with van der Waals surface area (Å²) in [4.78, 5) is 9.92. The molecule has 0 spiro atoms. The highest BCUT2D eigenvalue weighted by atomic mass is 32.2. The molecule has 0 aromatic carbocycles. The lowest BCUT2D eigenvalue weighted by Crippen LogP contribution is -2.49. The van der Waals surface area contributed by atoms with Crippen molar-refractivity contribution in [3.8, 4) is 0 Å². The lowest BCUT2D eigenvalue weighted by Gasteiger charge is -2.32. The van der Waals surface area contributed by atoms with E-state index in [2.05, 4.69) is 20.6 Å². The third-order valence-corrected chi connectivity index (χ3v) is 7.44. The first kappa shape index (κ1) is 20.1. The van der Waals surface area contributed by atoms with Crippen LogP contribution in [-0.4, -0.2) is 55.6 Å². The highest BCUT2D eigenvalue weighted by Gasteiger charge is 2.27. The minimum Gasteiger partial charge on any atom is -0.354 e. The predicted octanol–water partition coefficient (Wildman–Crippen LogP) is 1.63. The molecule has 2 heterocycles. The Labute approximate surface area is 155 Å². The van der Waals surface area contributed by atoms with E-state index in [1.165, 1.54) is 4.88 Å². The van der Waals surface area contributed by atoms with Crippen molar-refractivity contribution in [2.75, 3.05) is 25.9 Å². The van der Waals surface area contributed by atoms with E-state index >= 15 is 0 Å². The standard InChI is InChI=1S/C16H29N5O2S2/c1-5-10-25(22,23)21-8-6-14(7-9-21)20-16(17-4)18-11-15-12(2)19-13(3)24-15/h14H,5-11H2,1-4H3,(H2,17,18,20). The highest BCUT2D eigenvalue weighted by molar-refractivity contribution is 7.89. The van der Waals surface area contributed by atoms with Crippen LogP contribution in [0.1, 0.15) is 41.8 Å². The van der Waals surface area contributed by atoms with Gasteiger partial charge in [-0.05, 0) is 33.1 Å². The quantitative estimate of drug-likeness (QED) is 0.572. The van der Waals surface area contributed by atoms with E-state index in [-0.39, 0.29) is 11.8 Å². The van der Waals surface area contributed by atoms with Crippen LogP contribution in [0.5, 0.6) is 0 Å². The molecule has 0 saturated carbocycles. The minimum atomic E-state index is -3.09. The van der Waals surface area contributed by atoms with Gasteiger partial charge in [0, 0.05) is 31.1 Å². The molecule has 0 bridgehead atoms. The molecule has 1 aliphatic rings. The molecule has 1 aromatic heterocycles. The lowest BCUT2D eigenvalue weighted by atomic mass is 10.1. The number of piperidine rings is 1. The first-order valence-corrected chi connectivity index (χ1v) is 11.2. The Kier molecular flexibility index (Phi) is 7.21. The van der Waals surface area contributed by atoms with Gasteiger partial charge in [-0.1, -0.05) is 6.92 Å². The monoisotopic (exact) mass is 387 g/mol. The maximum absolute atomic E-state index is 12.1. The lowest BCUT2D eigenvalue weighted by molar-refractivity contribution is 0.306. The second-order valence-corrected chi connectivity index (χ2v) is 9.68. The Morgan fingerprint density at radius 1 is 1.36 bits per heavy atom. The maximum Gasteiger partial charge on any atom is 0.214 e. The van der Waals surface area contributed by atoms with Crippen LogP contribution in [0, 0.1) is 13.8 Å². The normalized spacial score (nSPS) is 17.7. The van der Waals surface area contributed by atoms with Crippen LogP contribution in [0.15, 0.2) is 4.99 Å². The number of nitrogens with zero attached hydrogens (tertiary/aromatic N) is 3. The summed E-state index contributed by atoms with van der Waals surface area (Å²) in [6, 6.07) is 0.239. The van der Waals surface area contributed by atoms with Gasteiger partial charge in [-0.3, -0.25) is 4.99 Å². The van der Waals surface area contributed by atoms with Gasteiger partial charge in [0.2, 0.25) is 10.0 Å². The zero-order valence-electron chi connectivity index (χ0n) is 15.5. The van der Waals surface area contributed by atoms with Crippen molar-refractivity contribution in [1.29, 1.82) is 0 Å². The molecule has 0 aliphatic carbocycles. The van der Waals surface area contributed by atoms with Crippen LogP contribution >= 0.6 is 11.3 Å². The van der Waals surface area contributed by atoms with Gasteiger partial charge in [-0.15, -0.1) is 11.3 Å². The third-order valence-electron chi connectivity index (χ3n) is 4.29. The molecule has 25 heavy (non-hydrogen) atoms. The number of hydrogen-bond acceptors (Lipinski definition) is 5. The molecule has 1 saturated heterocycles. The summed E-state index contributed by atoms with van der Waals surface area (Å²) < 4.78 is 25.9. The predicted molar refractivity (Wildman–Crippen MR) is 104 cm³/mol. The molecule has 0 unspecified atom stereocenters.